The van der Waals surface area contributed by atoms with Crippen LogP contribution in [0.15, 0.2) is 22.9 Å². The van der Waals surface area contributed by atoms with Gasteiger partial charge in [0, 0.05) is 36.3 Å². The summed E-state index contributed by atoms with van der Waals surface area (Å²) in [5, 5.41) is 4.04. The summed E-state index contributed by atoms with van der Waals surface area (Å²) in [6.45, 7) is 9.66. The van der Waals surface area contributed by atoms with E-state index in [9.17, 15) is 0 Å². The highest BCUT2D eigenvalue weighted by Gasteiger charge is 2.22. The van der Waals surface area contributed by atoms with Crippen molar-refractivity contribution in [2.75, 3.05) is 19.7 Å². The van der Waals surface area contributed by atoms with E-state index in [4.69, 9.17) is 9.26 Å². The van der Waals surface area contributed by atoms with Crippen molar-refractivity contribution in [3.05, 3.63) is 35.7 Å². The highest BCUT2D eigenvalue weighted by Crippen LogP contribution is 2.20. The summed E-state index contributed by atoms with van der Waals surface area (Å²) in [7, 11) is 0. The highest BCUT2D eigenvalue weighted by atomic mass is 16.5. The molecule has 1 aliphatic heterocycles. The van der Waals surface area contributed by atoms with E-state index in [0.29, 0.717) is 17.7 Å². The molecule has 1 unspecified atom stereocenters. The average molecular weight is 330 g/mol. The molecule has 3 heterocycles. The largest absolute Gasteiger partial charge is 0.493 e. The van der Waals surface area contributed by atoms with Crippen molar-refractivity contribution in [2.45, 2.75) is 46.1 Å². The molecule has 6 heteroatoms. The molecule has 0 amide bonds. The number of aryl methyl sites for hydroxylation is 1. The molecule has 24 heavy (non-hydrogen) atoms. The van der Waals surface area contributed by atoms with E-state index in [2.05, 4.69) is 33.9 Å². The SMILES string of the molecule is Cc1cc(OCC2CCCN(Cc3nc(C(C)C)no3)C2)ccn1. The zero-order valence-electron chi connectivity index (χ0n) is 14.7. The number of pyridine rings is 1. The van der Waals surface area contributed by atoms with Crippen LogP contribution in [0.5, 0.6) is 5.75 Å². The Morgan fingerprint density at radius 2 is 2.29 bits per heavy atom. The fraction of sp³-hybridized carbons (Fsp3) is 0.611. The minimum absolute atomic E-state index is 0.300. The van der Waals surface area contributed by atoms with Crippen LogP contribution in [-0.4, -0.2) is 39.7 Å². The first-order chi connectivity index (χ1) is 11.6. The standard InChI is InChI=1S/C18H26N4O2/c1-13(2)18-20-17(24-21-18)11-22-8-4-5-15(10-22)12-23-16-6-7-19-14(3)9-16/h6-7,9,13,15H,4-5,8,10-12H2,1-3H3. The average Bonchev–Trinajstić information content (AvgIpc) is 3.02. The van der Waals surface area contributed by atoms with Gasteiger partial charge in [-0.2, -0.15) is 4.98 Å². The molecule has 1 fully saturated rings. The van der Waals surface area contributed by atoms with Crippen LogP contribution in [0.3, 0.4) is 0 Å². The fourth-order valence-electron chi connectivity index (χ4n) is 3.01. The summed E-state index contributed by atoms with van der Waals surface area (Å²) >= 11 is 0. The Labute approximate surface area is 143 Å². The van der Waals surface area contributed by atoms with Crippen molar-refractivity contribution in [1.29, 1.82) is 0 Å². The van der Waals surface area contributed by atoms with E-state index in [1.807, 2.05) is 19.1 Å². The molecule has 1 aliphatic rings. The van der Waals surface area contributed by atoms with Crippen LogP contribution in [0.1, 0.15) is 50.0 Å². The van der Waals surface area contributed by atoms with Gasteiger partial charge in [-0.1, -0.05) is 19.0 Å². The van der Waals surface area contributed by atoms with E-state index >= 15 is 0 Å². The lowest BCUT2D eigenvalue weighted by Gasteiger charge is -2.31. The zero-order chi connectivity index (χ0) is 16.9. The second-order valence-corrected chi connectivity index (χ2v) is 6.89. The number of hydrogen-bond acceptors (Lipinski definition) is 6. The third kappa shape index (κ3) is 4.54. The van der Waals surface area contributed by atoms with E-state index < -0.39 is 0 Å². The number of hydrogen-bond donors (Lipinski definition) is 0. The molecule has 0 aromatic carbocycles. The Morgan fingerprint density at radius 3 is 3.04 bits per heavy atom. The van der Waals surface area contributed by atoms with Crippen molar-refractivity contribution in [1.82, 2.24) is 20.0 Å². The van der Waals surface area contributed by atoms with Crippen LogP contribution < -0.4 is 4.74 Å². The maximum Gasteiger partial charge on any atom is 0.240 e. The van der Waals surface area contributed by atoms with Crippen LogP contribution in [0.2, 0.25) is 0 Å². The Bertz CT molecular complexity index is 656. The topological polar surface area (TPSA) is 64.3 Å². The number of likely N-dealkylation sites (tertiary alicyclic amines) is 1. The molecule has 0 aliphatic carbocycles. The third-order valence-electron chi connectivity index (χ3n) is 4.32. The Balaban J connectivity index is 1.50. The van der Waals surface area contributed by atoms with Gasteiger partial charge in [-0.3, -0.25) is 9.88 Å². The second-order valence-electron chi connectivity index (χ2n) is 6.89. The van der Waals surface area contributed by atoms with Crippen LogP contribution in [-0.2, 0) is 6.54 Å². The molecule has 0 bridgehead atoms. The molecule has 1 saturated heterocycles. The molecule has 6 nitrogen and oxygen atoms in total. The molecule has 0 spiro atoms. The van der Waals surface area contributed by atoms with Gasteiger partial charge in [-0.25, -0.2) is 0 Å². The first-order valence-electron chi connectivity index (χ1n) is 8.70. The number of nitrogens with zero attached hydrogens (tertiary/aromatic N) is 4. The maximum atomic E-state index is 5.94. The predicted octanol–water partition coefficient (Wildman–Crippen LogP) is 3.19. The van der Waals surface area contributed by atoms with Gasteiger partial charge in [0.15, 0.2) is 5.82 Å². The van der Waals surface area contributed by atoms with Crippen LogP contribution in [0.4, 0.5) is 0 Å². The van der Waals surface area contributed by atoms with E-state index in [1.54, 1.807) is 6.20 Å². The number of aromatic nitrogens is 3. The zero-order valence-corrected chi connectivity index (χ0v) is 14.7. The highest BCUT2D eigenvalue weighted by molar-refractivity contribution is 5.21. The fourth-order valence-corrected chi connectivity index (χ4v) is 3.01. The number of rotatable bonds is 6. The summed E-state index contributed by atoms with van der Waals surface area (Å²) in [5.41, 5.74) is 0.982. The third-order valence-corrected chi connectivity index (χ3v) is 4.32. The van der Waals surface area contributed by atoms with Crippen LogP contribution >= 0.6 is 0 Å². The van der Waals surface area contributed by atoms with Gasteiger partial charge in [0.25, 0.3) is 0 Å². The summed E-state index contributed by atoms with van der Waals surface area (Å²) in [4.78, 5) is 11.1. The first kappa shape index (κ1) is 16.9. The lowest BCUT2D eigenvalue weighted by Crippen LogP contribution is -2.37. The summed E-state index contributed by atoms with van der Waals surface area (Å²) in [5.74, 6) is 3.23. The maximum absolute atomic E-state index is 5.94. The second kappa shape index (κ2) is 7.75. The normalized spacial score (nSPS) is 18.9. The summed E-state index contributed by atoms with van der Waals surface area (Å²) in [6, 6.07) is 3.89. The molecule has 1 atom stereocenters. The minimum atomic E-state index is 0.300. The molecular formula is C18H26N4O2. The van der Waals surface area contributed by atoms with Crippen molar-refractivity contribution in [3.8, 4) is 5.75 Å². The smallest absolute Gasteiger partial charge is 0.240 e. The summed E-state index contributed by atoms with van der Waals surface area (Å²) < 4.78 is 11.3. The van der Waals surface area contributed by atoms with Gasteiger partial charge < -0.3 is 9.26 Å². The van der Waals surface area contributed by atoms with Crippen molar-refractivity contribution >= 4 is 0 Å². The Hall–Kier alpha value is -1.95. The van der Waals surface area contributed by atoms with Crippen molar-refractivity contribution in [3.63, 3.8) is 0 Å². The van der Waals surface area contributed by atoms with Gasteiger partial charge in [0.2, 0.25) is 5.89 Å². The molecule has 130 valence electrons. The Kier molecular flexibility index (Phi) is 5.45. The lowest BCUT2D eigenvalue weighted by atomic mass is 9.99. The molecule has 0 N–H and O–H groups in total. The minimum Gasteiger partial charge on any atom is -0.493 e. The molecule has 2 aromatic heterocycles. The van der Waals surface area contributed by atoms with Crippen molar-refractivity contribution in [2.24, 2.45) is 5.92 Å². The lowest BCUT2D eigenvalue weighted by molar-refractivity contribution is 0.115. The van der Waals surface area contributed by atoms with Crippen LogP contribution in [0.25, 0.3) is 0 Å². The van der Waals surface area contributed by atoms with Crippen LogP contribution in [0, 0.1) is 12.8 Å². The Morgan fingerprint density at radius 1 is 1.42 bits per heavy atom. The van der Waals surface area contributed by atoms with Gasteiger partial charge in [-0.15, -0.1) is 0 Å². The van der Waals surface area contributed by atoms with Gasteiger partial charge >= 0.3 is 0 Å². The summed E-state index contributed by atoms with van der Waals surface area (Å²) in [6.07, 6.45) is 4.16. The first-order valence-corrected chi connectivity index (χ1v) is 8.70. The molecular weight excluding hydrogens is 304 g/mol. The van der Waals surface area contributed by atoms with E-state index in [-0.39, 0.29) is 0 Å². The van der Waals surface area contributed by atoms with Gasteiger partial charge in [-0.05, 0) is 32.4 Å². The van der Waals surface area contributed by atoms with E-state index in [0.717, 1.165) is 43.5 Å². The molecule has 3 rings (SSSR count). The quantitative estimate of drug-likeness (QED) is 0.810. The van der Waals surface area contributed by atoms with Gasteiger partial charge in [0.1, 0.15) is 5.75 Å². The van der Waals surface area contributed by atoms with Gasteiger partial charge in [0.05, 0.1) is 13.2 Å². The van der Waals surface area contributed by atoms with Crippen molar-refractivity contribution < 1.29 is 9.26 Å². The number of piperidine rings is 1. The predicted molar refractivity (Wildman–Crippen MR) is 90.9 cm³/mol. The number of ether oxygens (including phenoxy) is 1. The van der Waals surface area contributed by atoms with E-state index in [1.165, 1.54) is 12.8 Å². The monoisotopic (exact) mass is 330 g/mol. The molecule has 0 radical (unpaired) electrons. The molecule has 2 aromatic rings. The molecule has 0 saturated carbocycles.